The van der Waals surface area contributed by atoms with Gasteiger partial charge in [-0.3, -0.25) is 0 Å². The number of carbonyl (C=O) groups is 4. The lowest BCUT2D eigenvalue weighted by Gasteiger charge is -2.50. The van der Waals surface area contributed by atoms with Gasteiger partial charge in [-0.05, 0) is 72.3 Å². The molecular formula is C34H36Cl6O8. The summed E-state index contributed by atoms with van der Waals surface area (Å²) in [6, 6.07) is 2.26. The van der Waals surface area contributed by atoms with Gasteiger partial charge >= 0.3 is 23.9 Å². The Morgan fingerprint density at radius 1 is 0.625 bits per heavy atom. The average molecular weight is 785 g/mol. The summed E-state index contributed by atoms with van der Waals surface area (Å²) in [5.41, 5.74) is -0.497. The third kappa shape index (κ3) is 8.16. The first-order valence-electron chi connectivity index (χ1n) is 15.4. The molecule has 4 rings (SSSR count). The second-order valence-electron chi connectivity index (χ2n) is 13.8. The highest BCUT2D eigenvalue weighted by molar-refractivity contribution is 6.47. The van der Waals surface area contributed by atoms with Crippen molar-refractivity contribution in [3.05, 3.63) is 53.4 Å². The van der Waals surface area contributed by atoms with E-state index in [1.54, 1.807) is 0 Å². The van der Waals surface area contributed by atoms with E-state index in [-0.39, 0.29) is 54.2 Å². The molecule has 0 aliphatic heterocycles. The van der Waals surface area contributed by atoms with Gasteiger partial charge in [0.05, 0.1) is 43.3 Å². The Morgan fingerprint density at radius 3 is 1.25 bits per heavy atom. The van der Waals surface area contributed by atoms with Crippen molar-refractivity contribution in [2.45, 2.75) is 67.2 Å². The predicted octanol–water partition coefficient (Wildman–Crippen LogP) is 10.6. The van der Waals surface area contributed by atoms with Gasteiger partial charge in [0.15, 0.2) is 11.5 Å². The Balaban J connectivity index is 1.47. The predicted molar refractivity (Wildman–Crippen MR) is 186 cm³/mol. The first kappa shape index (κ1) is 38.9. The summed E-state index contributed by atoms with van der Waals surface area (Å²) in [6.45, 7) is 13.1. The van der Waals surface area contributed by atoms with Crippen LogP contribution in [-0.2, 0) is 19.1 Å². The summed E-state index contributed by atoms with van der Waals surface area (Å²) < 4.78 is 21.3. The third-order valence-electron chi connectivity index (χ3n) is 10.1. The maximum absolute atomic E-state index is 13.1. The monoisotopic (exact) mass is 782 g/mol. The molecule has 0 aromatic heterocycles. The zero-order valence-corrected chi connectivity index (χ0v) is 31.8. The summed E-state index contributed by atoms with van der Waals surface area (Å²) in [6.07, 6.45) is 3.19. The molecule has 4 unspecified atom stereocenters. The summed E-state index contributed by atoms with van der Waals surface area (Å²) in [5.74, 6) is -4.76. The molecule has 0 N–H and O–H groups in total. The van der Waals surface area contributed by atoms with Crippen LogP contribution in [0.5, 0.6) is 11.5 Å². The molecule has 2 aliphatic carbocycles. The fraction of sp³-hybridized carbons (Fsp3) is 0.529. The van der Waals surface area contributed by atoms with Crippen molar-refractivity contribution >= 4 is 93.5 Å². The maximum Gasteiger partial charge on any atom is 0.423 e. The van der Waals surface area contributed by atoms with Gasteiger partial charge < -0.3 is 18.9 Å². The molecule has 2 fully saturated rings. The second-order valence-corrected chi connectivity index (χ2v) is 16.2. The van der Waals surface area contributed by atoms with Gasteiger partial charge in [-0.25, -0.2) is 19.2 Å². The van der Waals surface area contributed by atoms with Crippen molar-refractivity contribution in [3.8, 4) is 11.5 Å². The van der Waals surface area contributed by atoms with Crippen LogP contribution >= 0.6 is 69.6 Å². The van der Waals surface area contributed by atoms with Crippen molar-refractivity contribution < 1.29 is 38.1 Å². The summed E-state index contributed by atoms with van der Waals surface area (Å²) in [7, 11) is 0. The highest BCUT2D eigenvalue weighted by atomic mass is 35.5. The van der Waals surface area contributed by atoms with Crippen LogP contribution in [0.1, 0.15) is 87.9 Å². The van der Waals surface area contributed by atoms with Crippen molar-refractivity contribution in [1.29, 1.82) is 0 Å². The van der Waals surface area contributed by atoms with Crippen molar-refractivity contribution in [2.24, 2.45) is 34.5 Å². The number of esters is 4. The molecule has 0 saturated heterocycles. The van der Waals surface area contributed by atoms with Crippen LogP contribution in [0.2, 0.25) is 30.1 Å². The van der Waals surface area contributed by atoms with Gasteiger partial charge in [0, 0.05) is 0 Å². The van der Waals surface area contributed by atoms with Crippen LogP contribution in [0.25, 0.3) is 0 Å². The lowest BCUT2D eigenvalue weighted by Crippen LogP contribution is -2.42. The number of halogens is 6. The molecule has 4 atom stereocenters. The van der Waals surface area contributed by atoms with Crippen LogP contribution in [-0.4, -0.2) is 37.1 Å². The topological polar surface area (TPSA) is 105 Å². The largest absolute Gasteiger partial charge is 0.462 e. The fourth-order valence-electron chi connectivity index (χ4n) is 6.48. The highest BCUT2D eigenvalue weighted by Crippen LogP contribution is 2.52. The minimum absolute atomic E-state index is 0.0617. The standard InChI is InChI=1S/C34H36Cl6O8/c1-15-17(13-33(15,3)4)7-9-45-29(41)23-25(39)19(35)11-21(37)27(23)47-31(43)32(44)48-28-22(38)12-20(36)26(40)24(28)30(42)46-10-8-18-14-34(5,6)16(18)2/h11-12,15-18H,7-10,13-14H2,1-6H3. The quantitative estimate of drug-likeness (QED) is 0.101. The summed E-state index contributed by atoms with van der Waals surface area (Å²) >= 11 is 37.5. The minimum atomic E-state index is -1.64. The lowest BCUT2D eigenvalue weighted by atomic mass is 9.55. The number of rotatable bonds is 10. The zero-order chi connectivity index (χ0) is 35.9. The molecular weight excluding hydrogens is 749 g/mol. The van der Waals surface area contributed by atoms with E-state index in [1.807, 2.05) is 0 Å². The van der Waals surface area contributed by atoms with Crippen LogP contribution in [0, 0.1) is 34.5 Å². The smallest absolute Gasteiger partial charge is 0.423 e. The van der Waals surface area contributed by atoms with E-state index in [2.05, 4.69) is 41.5 Å². The molecule has 0 amide bonds. The number of benzene rings is 2. The van der Waals surface area contributed by atoms with E-state index in [9.17, 15) is 19.2 Å². The number of hydrogen-bond donors (Lipinski definition) is 0. The van der Waals surface area contributed by atoms with E-state index < -0.39 is 46.5 Å². The molecule has 14 heteroatoms. The lowest BCUT2D eigenvalue weighted by molar-refractivity contribution is -0.156. The SMILES string of the molecule is CC1C(CCOC(=O)c2c(Cl)c(Cl)cc(Cl)c2OC(=O)C(=O)Oc2c(Cl)cc(Cl)c(Cl)c2C(=O)OCCC2CC(C)(C)C2C)CC1(C)C. The number of ether oxygens (including phenoxy) is 4. The first-order chi connectivity index (χ1) is 22.3. The Kier molecular flexibility index (Phi) is 12.2. The van der Waals surface area contributed by atoms with E-state index >= 15 is 0 Å². The van der Waals surface area contributed by atoms with Crippen molar-refractivity contribution in [3.63, 3.8) is 0 Å². The molecule has 0 radical (unpaired) electrons. The molecule has 2 aliphatic rings. The van der Waals surface area contributed by atoms with Crippen molar-refractivity contribution in [1.82, 2.24) is 0 Å². The molecule has 262 valence electrons. The minimum Gasteiger partial charge on any atom is -0.462 e. The zero-order valence-electron chi connectivity index (χ0n) is 27.2. The highest BCUT2D eigenvalue weighted by Gasteiger charge is 2.44. The molecule has 2 saturated carbocycles. The Labute approximate surface area is 309 Å². The molecule has 2 aromatic carbocycles. The fourth-order valence-corrected chi connectivity index (χ4v) is 7.92. The van der Waals surface area contributed by atoms with E-state index in [1.165, 1.54) is 0 Å². The number of hydrogen-bond acceptors (Lipinski definition) is 8. The van der Waals surface area contributed by atoms with E-state index in [0.717, 1.165) is 25.0 Å². The summed E-state index contributed by atoms with van der Waals surface area (Å²) in [5, 5.41) is -1.48. The average Bonchev–Trinajstić information content (AvgIpc) is 3.00. The molecule has 0 spiro atoms. The van der Waals surface area contributed by atoms with Crippen LogP contribution < -0.4 is 9.47 Å². The number of carbonyl (C=O) groups excluding carboxylic acids is 4. The van der Waals surface area contributed by atoms with Gasteiger partial charge in [-0.1, -0.05) is 111 Å². The molecule has 0 bridgehead atoms. The normalized spacial score (nSPS) is 22.2. The Bertz CT molecular complexity index is 1520. The van der Waals surface area contributed by atoms with E-state index in [0.29, 0.717) is 36.5 Å². The molecule has 0 heterocycles. The van der Waals surface area contributed by atoms with Crippen LogP contribution in [0.4, 0.5) is 0 Å². The van der Waals surface area contributed by atoms with E-state index in [4.69, 9.17) is 88.6 Å². The third-order valence-corrected chi connectivity index (χ3v) is 12.3. The molecule has 48 heavy (non-hydrogen) atoms. The maximum atomic E-state index is 13.1. The summed E-state index contributed by atoms with van der Waals surface area (Å²) in [4.78, 5) is 52.3. The van der Waals surface area contributed by atoms with Gasteiger partial charge in [-0.15, -0.1) is 0 Å². The molecule has 2 aromatic rings. The first-order valence-corrected chi connectivity index (χ1v) is 17.7. The second kappa shape index (κ2) is 15.1. The Morgan fingerprint density at radius 2 is 0.958 bits per heavy atom. The van der Waals surface area contributed by atoms with Gasteiger partial charge in [-0.2, -0.15) is 0 Å². The van der Waals surface area contributed by atoms with Crippen molar-refractivity contribution in [2.75, 3.05) is 13.2 Å². The van der Waals surface area contributed by atoms with Gasteiger partial charge in [0.2, 0.25) is 0 Å². The van der Waals surface area contributed by atoms with Gasteiger partial charge in [0.1, 0.15) is 11.1 Å². The van der Waals surface area contributed by atoms with Gasteiger partial charge in [0.25, 0.3) is 0 Å². The van der Waals surface area contributed by atoms with Crippen LogP contribution in [0.15, 0.2) is 12.1 Å². The Hall–Kier alpha value is -1.94. The van der Waals surface area contributed by atoms with Crippen LogP contribution in [0.3, 0.4) is 0 Å². The molecule has 8 nitrogen and oxygen atoms in total.